The third kappa shape index (κ3) is 1.63. The van der Waals surface area contributed by atoms with Crippen LogP contribution in [0.25, 0.3) is 0 Å². The molecule has 1 heterocycles. The second kappa shape index (κ2) is 3.61. The third-order valence-corrected chi connectivity index (χ3v) is 2.22. The van der Waals surface area contributed by atoms with Gasteiger partial charge >= 0.3 is 0 Å². The van der Waals surface area contributed by atoms with Crippen molar-refractivity contribution in [2.75, 3.05) is 17.7 Å². The van der Waals surface area contributed by atoms with Crippen molar-refractivity contribution >= 4 is 17.2 Å². The summed E-state index contributed by atoms with van der Waals surface area (Å²) in [5, 5.41) is 6.39. The molecule has 1 aromatic carbocycles. The third-order valence-electron chi connectivity index (χ3n) is 2.22. The fraction of sp³-hybridized carbons (Fsp3) is 0.100. The summed E-state index contributed by atoms with van der Waals surface area (Å²) in [6.07, 6.45) is 1.56. The van der Waals surface area contributed by atoms with Crippen LogP contribution in [-0.4, -0.2) is 17.2 Å². The Morgan fingerprint density at radius 2 is 2.07 bits per heavy atom. The molecule has 2 aromatic rings. The van der Waals surface area contributed by atoms with Gasteiger partial charge in [0.25, 0.3) is 0 Å². The van der Waals surface area contributed by atoms with Gasteiger partial charge in [-0.1, -0.05) is 12.1 Å². The lowest BCUT2D eigenvalue weighted by Crippen LogP contribution is -2.11. The van der Waals surface area contributed by atoms with Gasteiger partial charge in [0.15, 0.2) is 0 Å². The highest BCUT2D eigenvalue weighted by atomic mass is 19.1. The van der Waals surface area contributed by atoms with Gasteiger partial charge in [0, 0.05) is 7.05 Å². The molecule has 1 aromatic heterocycles. The maximum Gasteiger partial charge on any atom is 0.146 e. The van der Waals surface area contributed by atoms with E-state index in [0.717, 1.165) is 0 Å². The van der Waals surface area contributed by atoms with Gasteiger partial charge in [-0.2, -0.15) is 5.10 Å². The lowest BCUT2D eigenvalue weighted by Gasteiger charge is -2.18. The molecule has 5 heteroatoms. The minimum absolute atomic E-state index is 0.291. The van der Waals surface area contributed by atoms with E-state index >= 15 is 0 Å². The molecule has 0 saturated carbocycles. The predicted octanol–water partition coefficient (Wildman–Crippen LogP) is 1.90. The van der Waals surface area contributed by atoms with Crippen LogP contribution in [-0.2, 0) is 0 Å². The number of nitrogens with two attached hydrogens (primary N) is 1. The number of hydrogen-bond acceptors (Lipinski definition) is 3. The average molecular weight is 206 g/mol. The molecule has 4 nitrogen and oxygen atoms in total. The fourth-order valence-electron chi connectivity index (χ4n) is 1.41. The molecule has 0 aliphatic carbocycles. The van der Waals surface area contributed by atoms with Crippen LogP contribution >= 0.6 is 0 Å². The van der Waals surface area contributed by atoms with Crippen LogP contribution in [0.2, 0.25) is 0 Å². The van der Waals surface area contributed by atoms with E-state index in [0.29, 0.717) is 17.2 Å². The minimum atomic E-state index is -0.291. The number of anilines is 3. The molecule has 0 amide bonds. The number of nitrogens with zero attached hydrogens (tertiary/aromatic N) is 2. The van der Waals surface area contributed by atoms with E-state index in [2.05, 4.69) is 10.2 Å². The summed E-state index contributed by atoms with van der Waals surface area (Å²) in [5.74, 6) is 0.126. The molecule has 2 rings (SSSR count). The number of nitrogen functional groups attached to an aromatic ring is 1. The first-order chi connectivity index (χ1) is 7.20. The van der Waals surface area contributed by atoms with Crippen molar-refractivity contribution in [1.82, 2.24) is 10.2 Å². The second-order valence-corrected chi connectivity index (χ2v) is 3.18. The summed E-state index contributed by atoms with van der Waals surface area (Å²) in [6.45, 7) is 0. The van der Waals surface area contributed by atoms with E-state index in [1.807, 2.05) is 0 Å². The summed E-state index contributed by atoms with van der Waals surface area (Å²) in [5.41, 5.74) is 6.76. The van der Waals surface area contributed by atoms with Crippen molar-refractivity contribution in [2.24, 2.45) is 0 Å². The van der Waals surface area contributed by atoms with Gasteiger partial charge in [-0.3, -0.25) is 5.10 Å². The number of halogens is 1. The lowest BCUT2D eigenvalue weighted by molar-refractivity contribution is 0.627. The van der Waals surface area contributed by atoms with Crippen molar-refractivity contribution in [1.29, 1.82) is 0 Å². The highest BCUT2D eigenvalue weighted by Gasteiger charge is 2.12. The molecule has 0 spiro atoms. The normalized spacial score (nSPS) is 10.3. The van der Waals surface area contributed by atoms with Crippen molar-refractivity contribution in [3.05, 3.63) is 36.3 Å². The van der Waals surface area contributed by atoms with Crippen LogP contribution in [0.5, 0.6) is 0 Å². The Bertz CT molecular complexity index is 466. The molecule has 0 aliphatic rings. The molecule has 0 aliphatic heterocycles. The molecule has 0 bridgehead atoms. The maximum atomic E-state index is 13.5. The number of aromatic amines is 1. The first-order valence-corrected chi connectivity index (χ1v) is 4.47. The largest absolute Gasteiger partial charge is 0.382 e. The van der Waals surface area contributed by atoms with E-state index < -0.39 is 0 Å². The molecule has 78 valence electrons. The van der Waals surface area contributed by atoms with Crippen LogP contribution in [0.4, 0.5) is 21.6 Å². The Kier molecular flexibility index (Phi) is 2.29. The topological polar surface area (TPSA) is 57.9 Å². The second-order valence-electron chi connectivity index (χ2n) is 3.18. The molecule has 0 fully saturated rings. The highest BCUT2D eigenvalue weighted by molar-refractivity contribution is 5.71. The Hall–Kier alpha value is -2.04. The molecular formula is C10H11FN4. The van der Waals surface area contributed by atoms with Crippen LogP contribution in [0.1, 0.15) is 0 Å². The molecule has 0 atom stereocenters. The smallest absolute Gasteiger partial charge is 0.146 e. The highest BCUT2D eigenvalue weighted by Crippen LogP contribution is 2.28. The summed E-state index contributed by atoms with van der Waals surface area (Å²) in [4.78, 5) is 1.65. The maximum absolute atomic E-state index is 13.5. The zero-order chi connectivity index (χ0) is 10.8. The molecule has 15 heavy (non-hydrogen) atoms. The lowest BCUT2D eigenvalue weighted by atomic mass is 10.2. The molecule has 3 N–H and O–H groups in total. The van der Waals surface area contributed by atoms with E-state index in [9.17, 15) is 4.39 Å². The van der Waals surface area contributed by atoms with Crippen LogP contribution in [0, 0.1) is 5.82 Å². The number of para-hydroxylation sites is 1. The monoisotopic (exact) mass is 206 g/mol. The van der Waals surface area contributed by atoms with E-state index in [1.165, 1.54) is 6.07 Å². The van der Waals surface area contributed by atoms with Crippen molar-refractivity contribution in [3.8, 4) is 0 Å². The Morgan fingerprint density at radius 1 is 1.33 bits per heavy atom. The van der Waals surface area contributed by atoms with Gasteiger partial charge in [0.2, 0.25) is 0 Å². The fourth-order valence-corrected chi connectivity index (χ4v) is 1.41. The number of H-pyrrole nitrogens is 1. The van der Waals surface area contributed by atoms with E-state index in [4.69, 9.17) is 5.73 Å². The number of rotatable bonds is 2. The van der Waals surface area contributed by atoms with Crippen LogP contribution in [0.3, 0.4) is 0 Å². The molecular weight excluding hydrogens is 195 g/mol. The van der Waals surface area contributed by atoms with Gasteiger partial charge in [-0.15, -0.1) is 0 Å². The molecule has 0 unspecified atom stereocenters. The summed E-state index contributed by atoms with van der Waals surface area (Å²) >= 11 is 0. The zero-order valence-electron chi connectivity index (χ0n) is 8.24. The average Bonchev–Trinajstić information content (AvgIpc) is 2.64. The van der Waals surface area contributed by atoms with Gasteiger partial charge < -0.3 is 10.6 Å². The van der Waals surface area contributed by atoms with Gasteiger partial charge in [0.05, 0.1) is 11.9 Å². The number of benzene rings is 1. The van der Waals surface area contributed by atoms with Crippen molar-refractivity contribution < 1.29 is 4.39 Å². The van der Waals surface area contributed by atoms with E-state index in [-0.39, 0.29) is 5.82 Å². The Labute approximate surface area is 86.5 Å². The molecule has 0 radical (unpaired) electrons. The van der Waals surface area contributed by atoms with Gasteiger partial charge in [0.1, 0.15) is 17.3 Å². The first kappa shape index (κ1) is 9.51. The van der Waals surface area contributed by atoms with Crippen molar-refractivity contribution in [3.63, 3.8) is 0 Å². The van der Waals surface area contributed by atoms with Crippen molar-refractivity contribution in [2.45, 2.75) is 0 Å². The van der Waals surface area contributed by atoms with Crippen LogP contribution < -0.4 is 10.6 Å². The first-order valence-electron chi connectivity index (χ1n) is 4.47. The van der Waals surface area contributed by atoms with E-state index in [1.54, 1.807) is 36.3 Å². The molecule has 0 saturated heterocycles. The summed E-state index contributed by atoms with van der Waals surface area (Å²) in [7, 11) is 1.74. The van der Waals surface area contributed by atoms with Crippen LogP contribution in [0.15, 0.2) is 30.5 Å². The number of hydrogen-bond donors (Lipinski definition) is 2. The predicted molar refractivity (Wildman–Crippen MR) is 57.5 cm³/mol. The zero-order valence-corrected chi connectivity index (χ0v) is 8.24. The Balaban J connectivity index is 2.41. The summed E-state index contributed by atoms with van der Waals surface area (Å²) < 4.78 is 13.5. The SMILES string of the molecule is CN(c1ccccc1F)c1cn[nH]c1N. The minimum Gasteiger partial charge on any atom is -0.382 e. The Morgan fingerprint density at radius 3 is 2.67 bits per heavy atom. The van der Waals surface area contributed by atoms with Gasteiger partial charge in [-0.05, 0) is 12.1 Å². The standard InChI is InChI=1S/C10H11FN4/c1-15(9-6-13-14-10(9)12)8-5-3-2-4-7(8)11/h2-6H,1H3,(H3,12,13,14). The number of nitrogens with one attached hydrogen (secondary N) is 1. The quantitative estimate of drug-likeness (QED) is 0.789. The van der Waals surface area contributed by atoms with Gasteiger partial charge in [-0.25, -0.2) is 4.39 Å². The number of aromatic nitrogens is 2. The summed E-state index contributed by atoms with van der Waals surface area (Å²) in [6, 6.07) is 6.50.